The van der Waals surface area contributed by atoms with E-state index in [-0.39, 0.29) is 17.5 Å². The highest BCUT2D eigenvalue weighted by Crippen LogP contribution is 2.28. The Balaban J connectivity index is 1.58. The second-order valence-corrected chi connectivity index (χ2v) is 8.32. The molecule has 1 amide bonds. The van der Waals surface area contributed by atoms with Crippen LogP contribution >= 0.6 is 11.6 Å². The molecule has 8 nitrogen and oxygen atoms in total. The van der Waals surface area contributed by atoms with Crippen molar-refractivity contribution in [2.45, 2.75) is 13.5 Å². The minimum absolute atomic E-state index is 0.0699. The number of hydrogen-bond donors (Lipinski definition) is 2. The number of fused-ring (bicyclic) bond motifs is 1. The van der Waals surface area contributed by atoms with Crippen LogP contribution in [0.15, 0.2) is 67.0 Å². The topological polar surface area (TPSA) is 89.1 Å². The lowest BCUT2D eigenvalue weighted by Gasteiger charge is -2.08. The first-order chi connectivity index (χ1) is 16.9. The fraction of sp³-hybridized carbons (Fsp3) is 0.120. The zero-order valence-corrected chi connectivity index (χ0v) is 19.7. The van der Waals surface area contributed by atoms with Gasteiger partial charge in [0.1, 0.15) is 11.6 Å². The quantitative estimate of drug-likeness (QED) is 0.362. The molecule has 1 aromatic carbocycles. The van der Waals surface area contributed by atoms with Crippen molar-refractivity contribution >= 4 is 28.8 Å². The van der Waals surface area contributed by atoms with Crippen molar-refractivity contribution in [2.75, 3.05) is 12.4 Å². The maximum absolute atomic E-state index is 14.4. The summed E-state index contributed by atoms with van der Waals surface area (Å²) in [5, 5.41) is 14.8. The van der Waals surface area contributed by atoms with E-state index < -0.39 is 5.82 Å². The number of aryl methyl sites for hydroxylation is 1. The lowest BCUT2D eigenvalue weighted by atomic mass is 10.1. The molecule has 0 radical (unpaired) electrons. The van der Waals surface area contributed by atoms with E-state index in [1.165, 1.54) is 12.3 Å². The van der Waals surface area contributed by atoms with Gasteiger partial charge in [0.15, 0.2) is 5.82 Å². The molecule has 2 N–H and O–H groups in total. The predicted octanol–water partition coefficient (Wildman–Crippen LogP) is 4.65. The molecule has 10 heteroatoms. The molecule has 0 aliphatic carbocycles. The maximum Gasteiger partial charge on any atom is 0.254 e. The Kier molecular flexibility index (Phi) is 5.92. The van der Waals surface area contributed by atoms with Crippen molar-refractivity contribution in [1.82, 2.24) is 29.7 Å². The van der Waals surface area contributed by atoms with Crippen molar-refractivity contribution in [1.29, 1.82) is 0 Å². The number of carbonyl (C=O) groups is 1. The van der Waals surface area contributed by atoms with Crippen LogP contribution in [0.1, 0.15) is 21.6 Å². The van der Waals surface area contributed by atoms with Crippen molar-refractivity contribution in [3.05, 3.63) is 94.7 Å². The van der Waals surface area contributed by atoms with Crippen LogP contribution in [0.4, 0.5) is 10.2 Å². The van der Waals surface area contributed by atoms with Gasteiger partial charge >= 0.3 is 0 Å². The first-order valence-corrected chi connectivity index (χ1v) is 11.2. The molecule has 5 rings (SSSR count). The number of carbonyl (C=O) groups excluding carboxylic acids is 1. The molecule has 0 fully saturated rings. The number of aromatic nitrogens is 5. The van der Waals surface area contributed by atoms with E-state index in [4.69, 9.17) is 16.7 Å². The number of pyridine rings is 2. The first kappa shape index (κ1) is 22.5. The summed E-state index contributed by atoms with van der Waals surface area (Å²) in [7, 11) is 1.58. The number of nitrogens with one attached hydrogen (secondary N) is 2. The fourth-order valence-corrected chi connectivity index (χ4v) is 4.01. The average Bonchev–Trinajstić information content (AvgIpc) is 3.48. The number of amides is 1. The highest BCUT2D eigenvalue weighted by Gasteiger charge is 2.17. The molecule has 0 saturated carbocycles. The second-order valence-electron chi connectivity index (χ2n) is 7.91. The molecule has 0 spiro atoms. The Morgan fingerprint density at radius 2 is 1.97 bits per heavy atom. The van der Waals surface area contributed by atoms with E-state index in [1.807, 2.05) is 43.3 Å². The smallest absolute Gasteiger partial charge is 0.254 e. The molecular weight excluding hydrogens is 469 g/mol. The van der Waals surface area contributed by atoms with Crippen LogP contribution in [-0.4, -0.2) is 37.3 Å². The fourth-order valence-electron chi connectivity index (χ4n) is 3.81. The third-order valence-corrected chi connectivity index (χ3v) is 5.87. The van der Waals surface area contributed by atoms with E-state index in [9.17, 15) is 9.18 Å². The summed E-state index contributed by atoms with van der Waals surface area (Å²) in [6.45, 7) is 2.11. The summed E-state index contributed by atoms with van der Waals surface area (Å²) >= 11 is 5.92. The van der Waals surface area contributed by atoms with Gasteiger partial charge in [-0.05, 0) is 37.3 Å². The van der Waals surface area contributed by atoms with Crippen LogP contribution in [0.25, 0.3) is 22.6 Å². The van der Waals surface area contributed by atoms with Crippen LogP contribution in [0.3, 0.4) is 0 Å². The zero-order valence-electron chi connectivity index (χ0n) is 19.0. The molecule has 0 aliphatic rings. The third kappa shape index (κ3) is 4.33. The van der Waals surface area contributed by atoms with E-state index in [1.54, 1.807) is 34.6 Å². The van der Waals surface area contributed by atoms with Crippen LogP contribution in [0.2, 0.25) is 5.02 Å². The number of halogens is 2. The summed E-state index contributed by atoms with van der Waals surface area (Å²) in [5.41, 5.74) is 3.93. The molecule has 0 atom stereocenters. The lowest BCUT2D eigenvalue weighted by Crippen LogP contribution is -2.17. The number of hydrogen-bond acceptors (Lipinski definition) is 5. The zero-order chi connectivity index (χ0) is 24.5. The third-order valence-electron chi connectivity index (χ3n) is 5.58. The Labute approximate surface area is 205 Å². The Hall–Kier alpha value is -4.24. The van der Waals surface area contributed by atoms with Gasteiger partial charge in [-0.15, -0.1) is 5.10 Å². The van der Waals surface area contributed by atoms with Crippen molar-refractivity contribution < 1.29 is 9.18 Å². The summed E-state index contributed by atoms with van der Waals surface area (Å²) < 4.78 is 17.7. The van der Waals surface area contributed by atoms with Gasteiger partial charge < -0.3 is 10.6 Å². The highest BCUT2D eigenvalue weighted by atomic mass is 35.5. The van der Waals surface area contributed by atoms with Crippen LogP contribution in [0, 0.1) is 12.7 Å². The lowest BCUT2D eigenvalue weighted by molar-refractivity contribution is 0.0964. The van der Waals surface area contributed by atoms with Crippen LogP contribution in [0.5, 0.6) is 0 Å². The molecular formula is C25H21ClFN7O. The molecule has 4 aromatic heterocycles. The standard InChI is InChI=1S/C25H21ClFN7O/c1-15-5-3-8-23(31-15)34-20(12-22(32-34)29-13-17-6-4-7-19(26)24(17)27)16-9-10-33-21(11-16)18(14-30-33)25(35)28-2/h3-12,14H,13H2,1-2H3,(H,28,35)(H,29,32). The largest absolute Gasteiger partial charge is 0.364 e. The molecule has 0 unspecified atom stereocenters. The molecule has 0 aliphatic heterocycles. The summed E-state index contributed by atoms with van der Waals surface area (Å²) in [5.74, 6) is 0.469. The van der Waals surface area contributed by atoms with Gasteiger partial charge in [0.2, 0.25) is 0 Å². The van der Waals surface area contributed by atoms with Crippen molar-refractivity contribution in [2.24, 2.45) is 0 Å². The maximum atomic E-state index is 14.4. The van der Waals surface area contributed by atoms with Gasteiger partial charge in [0.05, 0.1) is 28.0 Å². The Morgan fingerprint density at radius 3 is 2.77 bits per heavy atom. The molecule has 35 heavy (non-hydrogen) atoms. The highest BCUT2D eigenvalue weighted by molar-refractivity contribution is 6.30. The predicted molar refractivity (Wildman–Crippen MR) is 132 cm³/mol. The minimum Gasteiger partial charge on any atom is -0.364 e. The summed E-state index contributed by atoms with van der Waals surface area (Å²) in [6, 6.07) is 16.2. The van der Waals surface area contributed by atoms with Gasteiger partial charge in [0.25, 0.3) is 5.91 Å². The molecule has 0 bridgehead atoms. The Morgan fingerprint density at radius 1 is 1.14 bits per heavy atom. The molecule has 5 aromatic rings. The molecule has 4 heterocycles. The normalized spacial score (nSPS) is 11.1. The number of benzene rings is 1. The summed E-state index contributed by atoms with van der Waals surface area (Å²) in [6.07, 6.45) is 3.32. The van der Waals surface area contributed by atoms with Crippen LogP contribution in [-0.2, 0) is 6.54 Å². The summed E-state index contributed by atoms with van der Waals surface area (Å²) in [4.78, 5) is 16.9. The van der Waals surface area contributed by atoms with Gasteiger partial charge in [-0.1, -0.05) is 29.8 Å². The van der Waals surface area contributed by atoms with E-state index in [0.717, 1.165) is 17.0 Å². The van der Waals surface area contributed by atoms with Crippen LogP contribution < -0.4 is 10.6 Å². The van der Waals surface area contributed by atoms with Gasteiger partial charge in [-0.2, -0.15) is 5.10 Å². The first-order valence-electron chi connectivity index (χ1n) is 10.9. The van der Waals surface area contributed by atoms with Gasteiger partial charge in [-0.25, -0.2) is 18.6 Å². The van der Waals surface area contributed by atoms with E-state index in [0.29, 0.717) is 28.3 Å². The van der Waals surface area contributed by atoms with E-state index in [2.05, 4.69) is 20.7 Å². The van der Waals surface area contributed by atoms with Gasteiger partial charge in [0, 0.05) is 42.7 Å². The second kappa shape index (κ2) is 9.19. The molecule has 176 valence electrons. The number of nitrogens with zero attached hydrogens (tertiary/aromatic N) is 5. The SMILES string of the molecule is CNC(=O)c1cnn2ccc(-c3cc(NCc4cccc(Cl)c4F)nn3-c3cccc(C)n3)cc12. The minimum atomic E-state index is -0.463. The Bertz CT molecular complexity index is 1560. The molecule has 0 saturated heterocycles. The number of rotatable bonds is 6. The van der Waals surface area contributed by atoms with Crippen molar-refractivity contribution in [3.8, 4) is 17.1 Å². The number of anilines is 1. The monoisotopic (exact) mass is 489 g/mol. The average molecular weight is 490 g/mol. The van der Waals surface area contributed by atoms with E-state index >= 15 is 0 Å². The van der Waals surface area contributed by atoms with Gasteiger partial charge in [-0.3, -0.25) is 4.79 Å². The van der Waals surface area contributed by atoms with Crippen molar-refractivity contribution in [3.63, 3.8) is 0 Å².